The highest BCUT2D eigenvalue weighted by molar-refractivity contribution is 14.1. The molecule has 4 heteroatoms. The summed E-state index contributed by atoms with van der Waals surface area (Å²) in [6, 6.07) is 5.68. The highest BCUT2D eigenvalue weighted by Gasteiger charge is 2.08. The van der Waals surface area contributed by atoms with Crippen molar-refractivity contribution in [2.45, 2.75) is 4.90 Å². The van der Waals surface area contributed by atoms with Gasteiger partial charge in [0.1, 0.15) is 17.4 Å². The van der Waals surface area contributed by atoms with Crippen molar-refractivity contribution in [3.05, 3.63) is 21.3 Å². The van der Waals surface area contributed by atoms with Gasteiger partial charge in [-0.1, -0.05) is 0 Å². The van der Waals surface area contributed by atoms with Gasteiger partial charge in [-0.25, -0.2) is 0 Å². The summed E-state index contributed by atoms with van der Waals surface area (Å²) in [6.45, 7) is 0. The van der Waals surface area contributed by atoms with Crippen LogP contribution in [0.5, 0.6) is 5.75 Å². The monoisotopic (exact) mass is 291 g/mol. The second-order valence-corrected chi connectivity index (χ2v) is 3.69. The molecule has 0 fully saturated rings. The van der Waals surface area contributed by atoms with Gasteiger partial charge >= 0.3 is 0 Å². The van der Waals surface area contributed by atoms with Gasteiger partial charge in [0.05, 0.1) is 7.11 Å². The van der Waals surface area contributed by atoms with E-state index in [1.807, 2.05) is 12.1 Å². The van der Waals surface area contributed by atoms with Crippen LogP contribution in [0.3, 0.4) is 0 Å². The zero-order valence-corrected chi connectivity index (χ0v) is 9.39. The molecule has 0 aliphatic carbocycles. The fraction of sp³-hybridized carbons (Fsp3) is 0.125. The van der Waals surface area contributed by atoms with Crippen LogP contribution in [0.2, 0.25) is 0 Å². The molecule has 1 aromatic rings. The molecule has 0 radical (unpaired) electrons. The largest absolute Gasteiger partial charge is 0.495 e. The zero-order valence-electron chi connectivity index (χ0n) is 6.34. The molecule has 0 aliphatic heterocycles. The first-order valence-electron chi connectivity index (χ1n) is 3.16. The fourth-order valence-electron chi connectivity index (χ4n) is 0.825. The van der Waals surface area contributed by atoms with Gasteiger partial charge in [-0.05, 0) is 34.7 Å². The highest BCUT2D eigenvalue weighted by Crippen LogP contribution is 2.28. The first-order chi connectivity index (χ1) is 5.70. The van der Waals surface area contributed by atoms with E-state index >= 15 is 0 Å². The minimum absolute atomic E-state index is 0.493. The standard InChI is InChI=1S/C8H6INOS/c1-11-7-3-2-6(9)8(12)5(7)4-10/h2-3,12H,1H3. The van der Waals surface area contributed by atoms with Gasteiger partial charge in [0, 0.05) is 8.47 Å². The van der Waals surface area contributed by atoms with Crippen LogP contribution in [0, 0.1) is 14.9 Å². The van der Waals surface area contributed by atoms with E-state index in [0.717, 1.165) is 3.57 Å². The predicted molar refractivity (Wildman–Crippen MR) is 57.7 cm³/mol. The molecule has 0 aromatic heterocycles. The Morgan fingerprint density at radius 1 is 1.58 bits per heavy atom. The molecule has 2 nitrogen and oxygen atoms in total. The number of hydrogen-bond donors (Lipinski definition) is 1. The molecule has 0 spiro atoms. The van der Waals surface area contributed by atoms with Crippen molar-refractivity contribution in [1.82, 2.24) is 0 Å². The Kier molecular flexibility index (Phi) is 3.23. The molecule has 0 bridgehead atoms. The quantitative estimate of drug-likeness (QED) is 0.637. The fourth-order valence-corrected chi connectivity index (χ4v) is 1.51. The van der Waals surface area contributed by atoms with Crippen molar-refractivity contribution in [2.24, 2.45) is 0 Å². The number of halogens is 1. The van der Waals surface area contributed by atoms with E-state index in [1.54, 1.807) is 6.07 Å². The smallest absolute Gasteiger partial charge is 0.137 e. The number of nitriles is 1. The molecule has 1 aromatic carbocycles. The van der Waals surface area contributed by atoms with Gasteiger partial charge < -0.3 is 4.74 Å². The third-order valence-electron chi connectivity index (χ3n) is 1.42. The minimum Gasteiger partial charge on any atom is -0.495 e. The van der Waals surface area contributed by atoms with E-state index in [-0.39, 0.29) is 0 Å². The van der Waals surface area contributed by atoms with Crippen LogP contribution >= 0.6 is 35.2 Å². The molecular weight excluding hydrogens is 285 g/mol. The predicted octanol–water partition coefficient (Wildman–Crippen LogP) is 2.46. The Morgan fingerprint density at radius 2 is 2.25 bits per heavy atom. The van der Waals surface area contributed by atoms with E-state index in [4.69, 9.17) is 10.00 Å². The Labute approximate surface area is 90.1 Å². The summed E-state index contributed by atoms with van der Waals surface area (Å²) in [7, 11) is 1.54. The molecule has 62 valence electrons. The van der Waals surface area contributed by atoms with Crippen LogP contribution in [0.25, 0.3) is 0 Å². The Hall–Kier alpha value is -0.410. The van der Waals surface area contributed by atoms with E-state index in [9.17, 15) is 0 Å². The number of rotatable bonds is 1. The Bertz CT molecular complexity index is 346. The topological polar surface area (TPSA) is 33.0 Å². The first-order valence-corrected chi connectivity index (χ1v) is 4.69. The summed E-state index contributed by atoms with van der Waals surface area (Å²) in [5.74, 6) is 0.572. The normalized spacial score (nSPS) is 9.17. The Morgan fingerprint density at radius 3 is 2.75 bits per heavy atom. The number of nitrogens with zero attached hydrogens (tertiary/aromatic N) is 1. The van der Waals surface area contributed by atoms with Crippen LogP contribution in [0.4, 0.5) is 0 Å². The molecule has 0 atom stereocenters. The van der Waals surface area contributed by atoms with Gasteiger partial charge in [0.25, 0.3) is 0 Å². The molecule has 0 aliphatic rings. The number of methoxy groups -OCH3 is 1. The lowest BCUT2D eigenvalue weighted by atomic mass is 10.2. The van der Waals surface area contributed by atoms with Crippen molar-refractivity contribution < 1.29 is 4.74 Å². The maximum atomic E-state index is 8.77. The molecule has 0 saturated carbocycles. The molecule has 12 heavy (non-hydrogen) atoms. The molecule has 0 N–H and O–H groups in total. The Balaban J connectivity index is 3.38. The second kappa shape index (κ2) is 4.01. The van der Waals surface area contributed by atoms with E-state index in [1.165, 1.54) is 7.11 Å². The van der Waals surface area contributed by atoms with Crippen LogP contribution in [-0.2, 0) is 0 Å². The van der Waals surface area contributed by atoms with Gasteiger partial charge in [0.15, 0.2) is 0 Å². The number of ether oxygens (including phenoxy) is 1. The summed E-state index contributed by atoms with van der Waals surface area (Å²) in [4.78, 5) is 0.678. The second-order valence-electron chi connectivity index (χ2n) is 2.09. The number of thiol groups is 1. The lowest BCUT2D eigenvalue weighted by molar-refractivity contribution is 0.412. The van der Waals surface area contributed by atoms with Crippen molar-refractivity contribution >= 4 is 35.2 Å². The third kappa shape index (κ3) is 1.67. The summed E-state index contributed by atoms with van der Waals surface area (Å²) >= 11 is 6.33. The molecule has 0 heterocycles. The van der Waals surface area contributed by atoms with Gasteiger partial charge in [0.2, 0.25) is 0 Å². The van der Waals surface area contributed by atoms with E-state index in [0.29, 0.717) is 16.2 Å². The van der Waals surface area contributed by atoms with Gasteiger partial charge in [-0.2, -0.15) is 5.26 Å². The minimum atomic E-state index is 0.493. The lowest BCUT2D eigenvalue weighted by Gasteiger charge is -2.05. The average Bonchev–Trinajstić information content (AvgIpc) is 2.09. The SMILES string of the molecule is COc1ccc(I)c(S)c1C#N. The van der Waals surface area contributed by atoms with Crippen molar-refractivity contribution in [2.75, 3.05) is 7.11 Å². The van der Waals surface area contributed by atoms with Crippen molar-refractivity contribution in [3.8, 4) is 11.8 Å². The highest BCUT2D eigenvalue weighted by atomic mass is 127. The van der Waals surface area contributed by atoms with Crippen molar-refractivity contribution in [3.63, 3.8) is 0 Å². The lowest BCUT2D eigenvalue weighted by Crippen LogP contribution is -1.90. The first kappa shape index (κ1) is 9.68. The van der Waals surface area contributed by atoms with Crippen LogP contribution in [0.1, 0.15) is 5.56 Å². The van der Waals surface area contributed by atoms with Crippen LogP contribution in [-0.4, -0.2) is 7.11 Å². The van der Waals surface area contributed by atoms with Crippen LogP contribution in [0.15, 0.2) is 17.0 Å². The average molecular weight is 291 g/mol. The summed E-state index contributed by atoms with van der Waals surface area (Å²) in [6.07, 6.45) is 0. The number of hydrogen-bond acceptors (Lipinski definition) is 3. The van der Waals surface area contributed by atoms with Gasteiger partial charge in [-0.3, -0.25) is 0 Å². The van der Waals surface area contributed by atoms with Crippen molar-refractivity contribution in [1.29, 1.82) is 5.26 Å². The van der Waals surface area contributed by atoms with Gasteiger partial charge in [-0.15, -0.1) is 12.6 Å². The molecule has 1 rings (SSSR count). The maximum absolute atomic E-state index is 8.77. The summed E-state index contributed by atoms with van der Waals surface area (Å²) in [5.41, 5.74) is 0.493. The molecule has 0 saturated heterocycles. The molecular formula is C8H6INOS. The third-order valence-corrected chi connectivity index (χ3v) is 3.21. The summed E-state index contributed by atoms with van der Waals surface area (Å²) in [5, 5.41) is 8.77. The number of benzene rings is 1. The van der Waals surface area contributed by atoms with E-state index < -0.39 is 0 Å². The van der Waals surface area contributed by atoms with Crippen LogP contribution < -0.4 is 4.74 Å². The zero-order chi connectivity index (χ0) is 9.14. The molecule has 0 amide bonds. The van der Waals surface area contributed by atoms with E-state index in [2.05, 4.69) is 35.2 Å². The summed E-state index contributed by atoms with van der Waals surface area (Å²) < 4.78 is 5.95. The molecule has 0 unspecified atom stereocenters. The maximum Gasteiger partial charge on any atom is 0.137 e.